The number of rotatable bonds is 12. The Balaban J connectivity index is 1.58. The standard InChI is InChI=1S/C26H36ClN3O4/c1-19-14-21(6-9-25(19)34-17-22(15-27)29-32)26(2,3)20-4-7-24(8-5-20)33-18-23(31)16-30-12-10-28-11-13-30/h4-9,14,22-23,28,31H,10-13,15-18H2,1-3H3. The lowest BCUT2D eigenvalue weighted by atomic mass is 9.77. The van der Waals surface area contributed by atoms with Gasteiger partial charge >= 0.3 is 0 Å². The van der Waals surface area contributed by atoms with Gasteiger partial charge in [-0.3, -0.25) is 4.90 Å². The minimum atomic E-state index is -0.555. The number of β-amino-alcohol motifs (C(OH)–C–C–N with tert-alkyl or cyclic N) is 1. The number of hydrogen-bond acceptors (Lipinski definition) is 7. The Morgan fingerprint density at radius 3 is 2.38 bits per heavy atom. The van der Waals surface area contributed by atoms with E-state index in [4.69, 9.17) is 21.1 Å². The molecule has 0 radical (unpaired) electrons. The monoisotopic (exact) mass is 489 g/mol. The van der Waals surface area contributed by atoms with Gasteiger partial charge in [-0.1, -0.05) is 43.3 Å². The molecule has 0 bridgehead atoms. The first-order chi connectivity index (χ1) is 16.3. The lowest BCUT2D eigenvalue weighted by molar-refractivity contribution is 0.0641. The first kappa shape index (κ1) is 26.4. The van der Waals surface area contributed by atoms with Crippen LogP contribution in [0.2, 0.25) is 0 Å². The predicted octanol–water partition coefficient (Wildman–Crippen LogP) is 3.72. The average molecular weight is 490 g/mol. The zero-order chi connectivity index (χ0) is 24.6. The lowest BCUT2D eigenvalue weighted by Crippen LogP contribution is -2.47. The molecular formula is C26H36ClN3O4. The van der Waals surface area contributed by atoms with Gasteiger partial charge in [-0.2, -0.15) is 4.91 Å². The molecule has 186 valence electrons. The van der Waals surface area contributed by atoms with E-state index in [1.807, 2.05) is 31.2 Å². The number of nitroso groups, excluding NO2 is 1. The van der Waals surface area contributed by atoms with Crippen LogP contribution < -0.4 is 14.8 Å². The summed E-state index contributed by atoms with van der Waals surface area (Å²) in [5, 5.41) is 16.6. The molecule has 1 aliphatic heterocycles. The van der Waals surface area contributed by atoms with Gasteiger partial charge in [0.1, 0.15) is 36.9 Å². The molecule has 7 nitrogen and oxygen atoms in total. The molecule has 1 saturated heterocycles. The summed E-state index contributed by atoms with van der Waals surface area (Å²) >= 11 is 5.71. The molecule has 3 rings (SSSR count). The Kier molecular flexibility index (Phi) is 9.71. The highest BCUT2D eigenvalue weighted by Crippen LogP contribution is 2.34. The normalized spacial score (nSPS) is 16.6. The van der Waals surface area contributed by atoms with Crippen LogP contribution in [0.15, 0.2) is 47.6 Å². The Morgan fingerprint density at radius 1 is 1.09 bits per heavy atom. The molecule has 0 aromatic heterocycles. The van der Waals surface area contributed by atoms with Gasteiger partial charge in [-0.05, 0) is 41.8 Å². The fourth-order valence-electron chi connectivity index (χ4n) is 4.06. The van der Waals surface area contributed by atoms with Crippen LogP contribution in [0.3, 0.4) is 0 Å². The number of aliphatic hydroxyl groups is 1. The summed E-state index contributed by atoms with van der Waals surface area (Å²) in [5.74, 6) is 1.61. The molecule has 8 heteroatoms. The first-order valence-electron chi connectivity index (χ1n) is 11.8. The molecule has 34 heavy (non-hydrogen) atoms. The van der Waals surface area contributed by atoms with E-state index in [0.717, 1.165) is 54.4 Å². The number of ether oxygens (including phenoxy) is 2. The van der Waals surface area contributed by atoms with Crippen LogP contribution in [0.4, 0.5) is 0 Å². The number of nitrogens with one attached hydrogen (secondary N) is 1. The Bertz CT molecular complexity index is 917. The highest BCUT2D eigenvalue weighted by molar-refractivity contribution is 6.18. The maximum absolute atomic E-state index is 10.7. The van der Waals surface area contributed by atoms with Crippen molar-refractivity contribution in [1.82, 2.24) is 10.2 Å². The molecule has 2 unspecified atom stereocenters. The molecule has 0 spiro atoms. The van der Waals surface area contributed by atoms with Crippen LogP contribution in [0.25, 0.3) is 0 Å². The number of halogens is 1. The van der Waals surface area contributed by atoms with E-state index < -0.39 is 12.1 Å². The topological polar surface area (TPSA) is 83.4 Å². The zero-order valence-electron chi connectivity index (χ0n) is 20.3. The Labute approximate surface area is 207 Å². The van der Waals surface area contributed by atoms with Crippen molar-refractivity contribution >= 4 is 11.6 Å². The quantitative estimate of drug-likeness (QED) is 0.349. The van der Waals surface area contributed by atoms with Gasteiger partial charge in [0.2, 0.25) is 0 Å². The fourth-order valence-corrected chi connectivity index (χ4v) is 4.21. The van der Waals surface area contributed by atoms with Crippen LogP contribution in [0.5, 0.6) is 11.5 Å². The van der Waals surface area contributed by atoms with Gasteiger partial charge in [0.05, 0.1) is 5.88 Å². The number of hydrogen-bond donors (Lipinski definition) is 2. The predicted molar refractivity (Wildman–Crippen MR) is 136 cm³/mol. The number of nitrogens with zero attached hydrogens (tertiary/aromatic N) is 2. The summed E-state index contributed by atoms with van der Waals surface area (Å²) in [4.78, 5) is 13.0. The van der Waals surface area contributed by atoms with Crippen molar-refractivity contribution in [3.05, 3.63) is 64.1 Å². The number of aryl methyl sites for hydroxylation is 1. The second kappa shape index (κ2) is 12.5. The van der Waals surface area contributed by atoms with Crippen LogP contribution in [-0.4, -0.2) is 74.0 Å². The zero-order valence-corrected chi connectivity index (χ0v) is 21.1. The van der Waals surface area contributed by atoms with Crippen LogP contribution in [0, 0.1) is 11.8 Å². The smallest absolute Gasteiger partial charge is 0.139 e. The van der Waals surface area contributed by atoms with Gasteiger partial charge in [0.15, 0.2) is 0 Å². The molecule has 2 aromatic carbocycles. The van der Waals surface area contributed by atoms with Crippen LogP contribution >= 0.6 is 11.6 Å². The van der Waals surface area contributed by atoms with Gasteiger partial charge in [0, 0.05) is 38.1 Å². The third-order valence-electron chi connectivity index (χ3n) is 6.35. The van der Waals surface area contributed by atoms with Crippen LogP contribution in [0.1, 0.15) is 30.5 Å². The van der Waals surface area contributed by atoms with Crippen molar-refractivity contribution in [2.24, 2.45) is 5.18 Å². The molecule has 2 N–H and O–H groups in total. The van der Waals surface area contributed by atoms with Gasteiger partial charge < -0.3 is 19.9 Å². The fraction of sp³-hybridized carbons (Fsp3) is 0.538. The minimum absolute atomic E-state index is 0.141. The first-order valence-corrected chi connectivity index (χ1v) is 12.3. The SMILES string of the molecule is Cc1cc(C(C)(C)c2ccc(OCC(O)CN3CCNCC3)cc2)ccc1OCC(CCl)N=O. The van der Waals surface area contributed by atoms with E-state index in [-0.39, 0.29) is 24.5 Å². The Hall–Kier alpha value is -2.19. The number of alkyl halides is 1. The summed E-state index contributed by atoms with van der Waals surface area (Å²) in [6, 6.07) is 13.6. The molecular weight excluding hydrogens is 454 g/mol. The van der Waals surface area contributed by atoms with Crippen molar-refractivity contribution in [2.45, 2.75) is 38.3 Å². The van der Waals surface area contributed by atoms with Crippen LogP contribution in [-0.2, 0) is 5.41 Å². The number of aliphatic hydroxyl groups excluding tert-OH is 1. The van der Waals surface area contributed by atoms with Crippen molar-refractivity contribution in [2.75, 3.05) is 51.8 Å². The van der Waals surface area contributed by atoms with Crippen molar-refractivity contribution < 1.29 is 14.6 Å². The van der Waals surface area contributed by atoms with Gasteiger partial charge in [0.25, 0.3) is 0 Å². The maximum Gasteiger partial charge on any atom is 0.139 e. The lowest BCUT2D eigenvalue weighted by Gasteiger charge is -2.29. The molecule has 0 amide bonds. The summed E-state index contributed by atoms with van der Waals surface area (Å²) in [5.41, 5.74) is 3.07. The molecule has 1 heterocycles. The summed E-state index contributed by atoms with van der Waals surface area (Å²) < 4.78 is 11.6. The van der Waals surface area contributed by atoms with E-state index in [2.05, 4.69) is 47.4 Å². The molecule has 0 aliphatic carbocycles. The van der Waals surface area contributed by atoms with E-state index >= 15 is 0 Å². The third-order valence-corrected chi connectivity index (χ3v) is 6.71. The van der Waals surface area contributed by atoms with E-state index in [1.165, 1.54) is 0 Å². The second-order valence-corrected chi connectivity index (χ2v) is 9.68. The summed E-state index contributed by atoms with van der Waals surface area (Å²) in [6.07, 6.45) is -0.514. The van der Waals surface area contributed by atoms with Crippen molar-refractivity contribution in [3.8, 4) is 11.5 Å². The highest BCUT2D eigenvalue weighted by atomic mass is 35.5. The van der Waals surface area contributed by atoms with Gasteiger partial charge in [-0.25, -0.2) is 0 Å². The molecule has 1 aliphatic rings. The second-order valence-electron chi connectivity index (χ2n) is 9.37. The van der Waals surface area contributed by atoms with E-state index in [0.29, 0.717) is 6.54 Å². The molecule has 2 atom stereocenters. The minimum Gasteiger partial charge on any atom is -0.491 e. The van der Waals surface area contributed by atoms with E-state index in [1.54, 1.807) is 0 Å². The largest absolute Gasteiger partial charge is 0.491 e. The van der Waals surface area contributed by atoms with Crippen molar-refractivity contribution in [1.29, 1.82) is 0 Å². The van der Waals surface area contributed by atoms with E-state index in [9.17, 15) is 10.0 Å². The maximum atomic E-state index is 10.7. The highest BCUT2D eigenvalue weighted by Gasteiger charge is 2.24. The number of piperazine rings is 1. The number of benzene rings is 2. The van der Waals surface area contributed by atoms with Crippen molar-refractivity contribution in [3.63, 3.8) is 0 Å². The molecule has 1 fully saturated rings. The molecule has 2 aromatic rings. The third kappa shape index (κ3) is 7.15. The summed E-state index contributed by atoms with van der Waals surface area (Å²) in [6.45, 7) is 11.3. The Morgan fingerprint density at radius 2 is 1.76 bits per heavy atom. The average Bonchev–Trinajstić information content (AvgIpc) is 2.85. The van der Waals surface area contributed by atoms with Gasteiger partial charge in [-0.15, -0.1) is 11.6 Å². The molecule has 0 saturated carbocycles. The summed E-state index contributed by atoms with van der Waals surface area (Å²) in [7, 11) is 0.